The number of piperazine rings is 1. The first-order valence-corrected chi connectivity index (χ1v) is 10.5. The van der Waals surface area contributed by atoms with Crippen molar-refractivity contribution in [3.8, 4) is 0 Å². The molecule has 156 valence electrons. The van der Waals surface area contributed by atoms with E-state index in [1.807, 2.05) is 18.1 Å². The molecule has 1 unspecified atom stereocenters. The predicted octanol–water partition coefficient (Wildman–Crippen LogP) is 1.16. The first-order valence-electron chi connectivity index (χ1n) is 10.5. The van der Waals surface area contributed by atoms with Crippen LogP contribution in [0.2, 0.25) is 0 Å². The minimum Gasteiger partial charge on any atom is -0.356 e. The molecule has 1 aromatic heterocycles. The lowest BCUT2D eigenvalue weighted by atomic mass is 10.0. The van der Waals surface area contributed by atoms with Crippen molar-refractivity contribution in [2.24, 2.45) is 18.0 Å². The molecule has 0 bridgehead atoms. The van der Waals surface area contributed by atoms with Gasteiger partial charge in [-0.2, -0.15) is 5.10 Å². The SMILES string of the molecule is CN=C(NCCCCN1CCCC(C)C1)N1CCN(c2cnn(C)c2)C(=O)C1. The number of aromatic nitrogens is 2. The van der Waals surface area contributed by atoms with Gasteiger partial charge in [0.05, 0.1) is 11.9 Å². The van der Waals surface area contributed by atoms with Crippen LogP contribution in [-0.4, -0.2) is 84.3 Å². The van der Waals surface area contributed by atoms with Gasteiger partial charge in [0.25, 0.3) is 0 Å². The summed E-state index contributed by atoms with van der Waals surface area (Å²) in [6.45, 7) is 8.71. The molecule has 0 aromatic carbocycles. The zero-order valence-electron chi connectivity index (χ0n) is 17.6. The number of amides is 1. The highest BCUT2D eigenvalue weighted by Crippen LogP contribution is 2.17. The molecule has 3 heterocycles. The summed E-state index contributed by atoms with van der Waals surface area (Å²) < 4.78 is 1.72. The number of anilines is 1. The number of piperidine rings is 1. The highest BCUT2D eigenvalue weighted by molar-refractivity contribution is 5.98. The molecule has 2 saturated heterocycles. The summed E-state index contributed by atoms with van der Waals surface area (Å²) in [5.74, 6) is 1.75. The van der Waals surface area contributed by atoms with Gasteiger partial charge in [0.2, 0.25) is 5.91 Å². The molecule has 8 nitrogen and oxygen atoms in total. The van der Waals surface area contributed by atoms with E-state index in [9.17, 15) is 4.79 Å². The number of hydrogen-bond acceptors (Lipinski definition) is 4. The van der Waals surface area contributed by atoms with Gasteiger partial charge in [-0.3, -0.25) is 14.5 Å². The van der Waals surface area contributed by atoms with Gasteiger partial charge >= 0.3 is 0 Å². The number of hydrogen-bond donors (Lipinski definition) is 1. The molecule has 8 heteroatoms. The van der Waals surface area contributed by atoms with Crippen molar-refractivity contribution in [1.29, 1.82) is 0 Å². The Bertz CT molecular complexity index is 671. The number of unbranched alkanes of at least 4 members (excludes halogenated alkanes) is 1. The zero-order valence-corrected chi connectivity index (χ0v) is 17.6. The Balaban J connectivity index is 1.38. The Morgan fingerprint density at radius 3 is 2.86 bits per heavy atom. The standard InChI is InChI=1S/C20H35N7O/c1-17-7-6-10-25(14-17)9-5-4-8-22-20(21-2)26-11-12-27(19(28)16-26)18-13-23-24(3)15-18/h13,15,17H,4-12,14,16H2,1-3H3,(H,21,22). The summed E-state index contributed by atoms with van der Waals surface area (Å²) in [5, 5.41) is 7.60. The van der Waals surface area contributed by atoms with Crippen molar-refractivity contribution in [3.05, 3.63) is 12.4 Å². The Morgan fingerprint density at radius 1 is 1.32 bits per heavy atom. The van der Waals surface area contributed by atoms with Gasteiger partial charge in [-0.1, -0.05) is 6.92 Å². The lowest BCUT2D eigenvalue weighted by Crippen LogP contribution is -2.55. The fourth-order valence-electron chi connectivity index (χ4n) is 4.16. The van der Waals surface area contributed by atoms with Crippen LogP contribution in [0.15, 0.2) is 17.4 Å². The van der Waals surface area contributed by atoms with Gasteiger partial charge in [0, 0.05) is 46.5 Å². The van der Waals surface area contributed by atoms with Gasteiger partial charge < -0.3 is 20.0 Å². The second-order valence-electron chi connectivity index (χ2n) is 8.07. The van der Waals surface area contributed by atoms with E-state index in [4.69, 9.17) is 0 Å². The Hall–Kier alpha value is -2.09. The van der Waals surface area contributed by atoms with Crippen LogP contribution >= 0.6 is 0 Å². The van der Waals surface area contributed by atoms with Crippen LogP contribution in [0.4, 0.5) is 5.69 Å². The highest BCUT2D eigenvalue weighted by atomic mass is 16.2. The van der Waals surface area contributed by atoms with E-state index in [-0.39, 0.29) is 5.91 Å². The first kappa shape index (κ1) is 20.6. The summed E-state index contributed by atoms with van der Waals surface area (Å²) >= 11 is 0. The molecular formula is C20H35N7O. The minimum absolute atomic E-state index is 0.0846. The van der Waals surface area contributed by atoms with Gasteiger partial charge in [0.1, 0.15) is 6.54 Å². The predicted molar refractivity (Wildman–Crippen MR) is 113 cm³/mol. The Labute approximate surface area is 168 Å². The van der Waals surface area contributed by atoms with Crippen molar-refractivity contribution in [2.75, 3.05) is 57.8 Å². The molecule has 2 aliphatic heterocycles. The van der Waals surface area contributed by atoms with Gasteiger partial charge in [-0.05, 0) is 44.7 Å². The van der Waals surface area contributed by atoms with Crippen LogP contribution < -0.4 is 10.2 Å². The lowest BCUT2D eigenvalue weighted by Gasteiger charge is -2.35. The molecule has 1 amide bonds. The smallest absolute Gasteiger partial charge is 0.246 e. The fraction of sp³-hybridized carbons (Fsp3) is 0.750. The van der Waals surface area contributed by atoms with Crippen molar-refractivity contribution in [1.82, 2.24) is 24.9 Å². The summed E-state index contributed by atoms with van der Waals surface area (Å²) in [7, 11) is 3.65. The number of rotatable bonds is 6. The lowest BCUT2D eigenvalue weighted by molar-refractivity contribution is -0.120. The van der Waals surface area contributed by atoms with E-state index < -0.39 is 0 Å². The van der Waals surface area contributed by atoms with Crippen LogP contribution in [0.1, 0.15) is 32.6 Å². The third-order valence-electron chi connectivity index (χ3n) is 5.66. The van der Waals surface area contributed by atoms with Crippen LogP contribution in [0.25, 0.3) is 0 Å². The van der Waals surface area contributed by atoms with E-state index in [1.54, 1.807) is 22.8 Å². The second-order valence-corrected chi connectivity index (χ2v) is 8.07. The number of aryl methyl sites for hydroxylation is 1. The number of nitrogens with one attached hydrogen (secondary N) is 1. The van der Waals surface area contributed by atoms with Crippen molar-refractivity contribution < 1.29 is 4.79 Å². The number of nitrogens with zero attached hydrogens (tertiary/aromatic N) is 6. The van der Waals surface area contributed by atoms with Crippen LogP contribution in [-0.2, 0) is 11.8 Å². The van der Waals surface area contributed by atoms with Crippen LogP contribution in [0.3, 0.4) is 0 Å². The maximum atomic E-state index is 12.6. The third kappa shape index (κ3) is 5.47. The normalized spacial score (nSPS) is 22.0. The Morgan fingerprint density at radius 2 is 2.18 bits per heavy atom. The number of likely N-dealkylation sites (tertiary alicyclic amines) is 1. The quantitative estimate of drug-likeness (QED) is 0.449. The molecule has 0 saturated carbocycles. The van der Waals surface area contributed by atoms with E-state index in [0.29, 0.717) is 13.1 Å². The van der Waals surface area contributed by atoms with Crippen molar-refractivity contribution in [3.63, 3.8) is 0 Å². The van der Waals surface area contributed by atoms with E-state index in [2.05, 4.69) is 27.2 Å². The maximum absolute atomic E-state index is 12.6. The Kier molecular flexibility index (Phi) is 7.30. The average Bonchev–Trinajstić information content (AvgIpc) is 3.10. The largest absolute Gasteiger partial charge is 0.356 e. The maximum Gasteiger partial charge on any atom is 0.246 e. The minimum atomic E-state index is 0.0846. The molecule has 0 spiro atoms. The van der Waals surface area contributed by atoms with Gasteiger partial charge in [-0.25, -0.2) is 0 Å². The van der Waals surface area contributed by atoms with E-state index in [0.717, 1.165) is 37.1 Å². The first-order chi connectivity index (χ1) is 13.6. The number of carbonyl (C=O) groups is 1. The monoisotopic (exact) mass is 389 g/mol. The molecule has 1 N–H and O–H groups in total. The zero-order chi connectivity index (χ0) is 19.9. The third-order valence-corrected chi connectivity index (χ3v) is 5.66. The summed E-state index contributed by atoms with van der Waals surface area (Å²) in [6, 6.07) is 0. The average molecular weight is 390 g/mol. The molecular weight excluding hydrogens is 354 g/mol. The molecule has 28 heavy (non-hydrogen) atoms. The number of aliphatic imine (C=N–C) groups is 1. The van der Waals surface area contributed by atoms with Crippen LogP contribution in [0, 0.1) is 5.92 Å². The summed E-state index contributed by atoms with van der Waals surface area (Å²) in [4.78, 5) is 23.4. The molecule has 1 aromatic rings. The summed E-state index contributed by atoms with van der Waals surface area (Å²) in [5.41, 5.74) is 0.863. The molecule has 2 fully saturated rings. The molecule has 3 rings (SSSR count). The van der Waals surface area contributed by atoms with E-state index >= 15 is 0 Å². The van der Waals surface area contributed by atoms with Crippen molar-refractivity contribution in [2.45, 2.75) is 32.6 Å². The molecule has 1 atom stereocenters. The highest BCUT2D eigenvalue weighted by Gasteiger charge is 2.27. The molecule has 2 aliphatic rings. The number of guanidine groups is 1. The molecule has 0 aliphatic carbocycles. The van der Waals surface area contributed by atoms with E-state index in [1.165, 1.54) is 38.9 Å². The van der Waals surface area contributed by atoms with Crippen LogP contribution in [0.5, 0.6) is 0 Å². The topological polar surface area (TPSA) is 69.0 Å². The van der Waals surface area contributed by atoms with Crippen molar-refractivity contribution >= 4 is 17.6 Å². The van der Waals surface area contributed by atoms with Gasteiger partial charge in [-0.15, -0.1) is 0 Å². The molecule has 0 radical (unpaired) electrons. The second kappa shape index (κ2) is 9.91. The van der Waals surface area contributed by atoms with Gasteiger partial charge in [0.15, 0.2) is 5.96 Å². The summed E-state index contributed by atoms with van der Waals surface area (Å²) in [6.07, 6.45) is 8.65. The number of carbonyl (C=O) groups excluding carboxylic acids is 1. The fourth-order valence-corrected chi connectivity index (χ4v) is 4.16.